The van der Waals surface area contributed by atoms with Gasteiger partial charge in [-0.25, -0.2) is 14.4 Å². The first kappa shape index (κ1) is 115. The summed E-state index contributed by atoms with van der Waals surface area (Å²) in [6.45, 7) is 17.6. The van der Waals surface area contributed by atoms with E-state index < -0.39 is 18.3 Å². The second kappa shape index (κ2) is 74.8. The summed E-state index contributed by atoms with van der Waals surface area (Å²) >= 11 is 0. The summed E-state index contributed by atoms with van der Waals surface area (Å²) in [7, 11) is 3.97. The fraction of sp³-hybridized carbons (Fsp3) is 0.900. The Balaban J connectivity index is 0.000000256. The summed E-state index contributed by atoms with van der Waals surface area (Å²) in [5, 5.41) is 28.1. The molecule has 10 N–H and O–H groups in total. The highest BCUT2D eigenvalue weighted by atomic mass is 16.6. The number of carbonyl (C=O) groups is 10. The summed E-state index contributed by atoms with van der Waals surface area (Å²) < 4.78 is 67.4. The minimum absolute atomic E-state index is 0.0481. The minimum atomic E-state index is -0.460. The third kappa shape index (κ3) is 66.8. The van der Waals surface area contributed by atoms with Crippen molar-refractivity contribution in [1.29, 1.82) is 0 Å². The van der Waals surface area contributed by atoms with Crippen LogP contribution < -0.4 is 53.2 Å². The van der Waals surface area contributed by atoms with E-state index in [2.05, 4.69) is 67.4 Å². The van der Waals surface area contributed by atoms with Crippen molar-refractivity contribution < 1.29 is 110 Å². The molecule has 0 aliphatic heterocycles. The molecule has 10 fully saturated rings. The number of alkyl carbamates (subject to hydrolysis) is 3. The molecule has 10 amide bonds. The van der Waals surface area contributed by atoms with Crippen LogP contribution in [-0.4, -0.2) is 279 Å². The third-order valence-electron chi connectivity index (χ3n) is 25.9. The van der Waals surface area contributed by atoms with E-state index in [9.17, 15) is 47.9 Å². The number of amides is 10. The average molecular weight is 1890 g/mol. The van der Waals surface area contributed by atoms with Crippen LogP contribution in [0, 0.1) is 88.8 Å². The summed E-state index contributed by atoms with van der Waals surface area (Å²) in [6.07, 6.45) is 49.3. The molecule has 10 saturated carbocycles. The molecule has 768 valence electrons. The lowest BCUT2D eigenvalue weighted by Crippen LogP contribution is -2.34. The molecule has 0 aromatic heterocycles. The molecule has 0 heterocycles. The number of carbonyl (C=O) groups excluding carboxylic acids is 10. The minimum Gasteiger partial charge on any atom is -0.453 e. The number of hydrogen-bond acceptors (Lipinski definition) is 23. The van der Waals surface area contributed by atoms with Gasteiger partial charge in [0, 0.05) is 109 Å². The number of unbranched alkanes of at least 4 members (excludes halogenated alkanes) is 5. The maximum Gasteiger partial charge on any atom is 0.406 e. The molecule has 10 rings (SSSR count). The maximum atomic E-state index is 12.4. The monoisotopic (exact) mass is 1890 g/mol. The lowest BCUT2D eigenvalue weighted by Gasteiger charge is -2.16. The van der Waals surface area contributed by atoms with E-state index in [0.717, 1.165) is 61.7 Å². The van der Waals surface area contributed by atoms with Gasteiger partial charge in [-0.05, 0) is 155 Å². The van der Waals surface area contributed by atoms with Crippen LogP contribution in [0.25, 0.3) is 0 Å². The molecular weight excluding hydrogens is 1710 g/mol. The molecule has 5 unspecified atom stereocenters. The molecule has 0 radical (unpaired) electrons. The Bertz CT molecular complexity index is 2810. The smallest absolute Gasteiger partial charge is 0.406 e. The molecule has 0 bridgehead atoms. The lowest BCUT2D eigenvalue weighted by atomic mass is 9.95. The van der Waals surface area contributed by atoms with Gasteiger partial charge in [-0.1, -0.05) is 161 Å². The van der Waals surface area contributed by atoms with E-state index in [-0.39, 0.29) is 70.9 Å². The van der Waals surface area contributed by atoms with Crippen molar-refractivity contribution in [2.45, 2.75) is 271 Å². The third-order valence-corrected chi connectivity index (χ3v) is 25.9. The van der Waals surface area contributed by atoms with Gasteiger partial charge in [-0.2, -0.15) is 0 Å². The van der Waals surface area contributed by atoms with Crippen molar-refractivity contribution in [2.75, 3.05) is 219 Å². The highest BCUT2D eigenvalue weighted by Crippen LogP contribution is 2.45. The van der Waals surface area contributed by atoms with Gasteiger partial charge in [0.1, 0.15) is 0 Å². The predicted molar refractivity (Wildman–Crippen MR) is 509 cm³/mol. The number of ether oxygens (including phenoxy) is 13. The van der Waals surface area contributed by atoms with E-state index in [1.165, 1.54) is 260 Å². The van der Waals surface area contributed by atoms with Crippen molar-refractivity contribution in [2.24, 2.45) is 88.8 Å². The summed E-state index contributed by atoms with van der Waals surface area (Å²) in [6, 6.07) is 0. The molecule has 0 spiro atoms. The van der Waals surface area contributed by atoms with Crippen LogP contribution in [-0.2, 0) is 95.1 Å². The van der Waals surface area contributed by atoms with E-state index in [0.29, 0.717) is 227 Å². The zero-order chi connectivity index (χ0) is 95.2. The van der Waals surface area contributed by atoms with Gasteiger partial charge >= 0.3 is 18.3 Å². The standard InChI is InChI=1S/3C20H36N2O5.2C20H36N2O4/c3*1-25-20(24)22-11-13-27-15-14-26-12-10-21-19(23)18(17-8-9-17)5-3-2-4-16-6-7-16;2*1-16(23)21-10-12-25-14-15-26-13-11-22-20(24)19(18-8-9-18)5-3-2-4-17-6-7-17/h3*16-18H,2-15H2,1H3,(H,21,23)(H,22,24);2*17-19H,2-15H2,1H3,(H,21,23)(H,22,24). The SMILES string of the molecule is CC(=O)NCCOCCOCCNC(=O)C(CCCCC1CC1)C1CC1.CC(=O)NCCOCCOCCNC(=O)C(CCCCC1CC1)C1CC1.COC(=O)NCCOCCOCCNC(=O)C(CCCCC1CC1)C1CC1.COC(=O)NCCOCCOCCNC(=O)C(CCCCC1CC1)C1CC1.COC(=O)NCCOCCOCCNC(=O)C(CCCCC1CC1)C1CC1. The number of methoxy groups -OCH3 is 3. The van der Waals surface area contributed by atoms with Crippen molar-refractivity contribution >= 4 is 59.6 Å². The van der Waals surface area contributed by atoms with Crippen LogP contribution in [0.15, 0.2) is 0 Å². The topological polar surface area (TPSA) is 411 Å². The molecule has 0 aromatic carbocycles. The molecule has 133 heavy (non-hydrogen) atoms. The van der Waals surface area contributed by atoms with Crippen LogP contribution in [0.1, 0.15) is 271 Å². The summed E-state index contributed by atoms with van der Waals surface area (Å²) in [5.41, 5.74) is 0. The molecular formula is C100H180N10O23. The van der Waals surface area contributed by atoms with Gasteiger partial charge in [0.05, 0.1) is 153 Å². The van der Waals surface area contributed by atoms with E-state index in [4.69, 9.17) is 47.4 Å². The Morgan fingerprint density at radius 3 is 0.489 bits per heavy atom. The molecule has 0 saturated heterocycles. The number of nitrogens with one attached hydrogen (secondary N) is 10. The average Bonchev–Trinajstić information content (AvgIpc) is 1.73. The van der Waals surface area contributed by atoms with Gasteiger partial charge in [0.2, 0.25) is 41.4 Å². The Labute approximate surface area is 796 Å². The second-order valence-corrected chi connectivity index (χ2v) is 38.2. The number of rotatable bonds is 80. The molecule has 0 aromatic rings. The summed E-state index contributed by atoms with van der Waals surface area (Å²) in [5.74, 6) is 10.0. The highest BCUT2D eigenvalue weighted by Gasteiger charge is 2.40. The molecule has 10 aliphatic rings. The fourth-order valence-corrected chi connectivity index (χ4v) is 16.4. The van der Waals surface area contributed by atoms with Crippen molar-refractivity contribution in [3.63, 3.8) is 0 Å². The lowest BCUT2D eigenvalue weighted by molar-refractivity contribution is -0.127. The largest absolute Gasteiger partial charge is 0.453 e. The molecule has 33 nitrogen and oxygen atoms in total. The van der Waals surface area contributed by atoms with Crippen LogP contribution in [0.4, 0.5) is 14.4 Å². The van der Waals surface area contributed by atoms with Gasteiger partial charge in [-0.3, -0.25) is 33.6 Å². The van der Waals surface area contributed by atoms with E-state index in [1.54, 1.807) is 0 Å². The normalized spacial score (nSPS) is 17.5. The quantitative estimate of drug-likeness (QED) is 0.0200. The van der Waals surface area contributed by atoms with Crippen molar-refractivity contribution in [3.05, 3.63) is 0 Å². The first-order valence-electron chi connectivity index (χ1n) is 52.0. The molecule has 10 aliphatic carbocycles. The van der Waals surface area contributed by atoms with Gasteiger partial charge in [-0.15, -0.1) is 0 Å². The molecule has 5 atom stereocenters. The van der Waals surface area contributed by atoms with Crippen molar-refractivity contribution in [3.8, 4) is 0 Å². The predicted octanol–water partition coefficient (Wildman–Crippen LogP) is 12.0. The Kier molecular flexibility index (Phi) is 64.9. The Morgan fingerprint density at radius 2 is 0.353 bits per heavy atom. The maximum absolute atomic E-state index is 12.4. The van der Waals surface area contributed by atoms with Crippen LogP contribution in [0.3, 0.4) is 0 Å². The van der Waals surface area contributed by atoms with Gasteiger partial charge < -0.3 is 115 Å². The van der Waals surface area contributed by atoms with Gasteiger partial charge in [0.25, 0.3) is 0 Å². The van der Waals surface area contributed by atoms with E-state index >= 15 is 0 Å². The van der Waals surface area contributed by atoms with Gasteiger partial charge in [0.15, 0.2) is 0 Å². The Hall–Kier alpha value is -6.30. The molecule has 33 heteroatoms. The summed E-state index contributed by atoms with van der Waals surface area (Å²) in [4.78, 5) is 116. The van der Waals surface area contributed by atoms with E-state index in [1.807, 2.05) is 0 Å². The highest BCUT2D eigenvalue weighted by molar-refractivity contribution is 5.81. The first-order valence-corrected chi connectivity index (χ1v) is 52.0. The Morgan fingerprint density at radius 1 is 0.203 bits per heavy atom. The zero-order valence-corrected chi connectivity index (χ0v) is 82.5. The first-order chi connectivity index (χ1) is 64.9. The van der Waals surface area contributed by atoms with Crippen LogP contribution in [0.2, 0.25) is 0 Å². The fourth-order valence-electron chi connectivity index (χ4n) is 16.4. The van der Waals surface area contributed by atoms with Crippen LogP contribution in [0.5, 0.6) is 0 Å². The van der Waals surface area contributed by atoms with Crippen LogP contribution >= 0.6 is 0 Å². The number of hydrogen-bond donors (Lipinski definition) is 10. The van der Waals surface area contributed by atoms with Crippen molar-refractivity contribution in [1.82, 2.24) is 53.2 Å². The zero-order valence-electron chi connectivity index (χ0n) is 82.5. The second-order valence-electron chi connectivity index (χ2n) is 38.2.